The van der Waals surface area contributed by atoms with Gasteiger partial charge in [-0.25, -0.2) is 4.98 Å². The molecular weight excluding hydrogens is 310 g/mol. The molecule has 118 valence electrons. The molecule has 3 aromatic rings. The van der Waals surface area contributed by atoms with Crippen LogP contribution in [0.1, 0.15) is 39.4 Å². The van der Waals surface area contributed by atoms with Crippen molar-refractivity contribution in [1.29, 1.82) is 0 Å². The van der Waals surface area contributed by atoms with Gasteiger partial charge in [0.2, 0.25) is 5.01 Å². The van der Waals surface area contributed by atoms with Gasteiger partial charge in [0.1, 0.15) is 10.8 Å². The lowest BCUT2D eigenvalue weighted by Crippen LogP contribution is -2.38. The second-order valence-electron chi connectivity index (χ2n) is 5.83. The standard InChI is InChI=1S/C16H17N5OS/c1-10-19-20-15(23-10)16(22)21-8-6-11(7-9-21)14-17-12-4-2-3-5-13(12)18-14/h2-5,11H,6-9H2,1H3,(H,17,18). The SMILES string of the molecule is Cc1nnc(C(=O)N2CCC(c3nc4ccccc4[nH]3)CC2)s1. The highest BCUT2D eigenvalue weighted by molar-refractivity contribution is 7.13. The second-order valence-corrected chi connectivity index (χ2v) is 7.01. The highest BCUT2D eigenvalue weighted by Gasteiger charge is 2.27. The van der Waals surface area contributed by atoms with Gasteiger partial charge in [-0.2, -0.15) is 0 Å². The molecule has 0 bridgehead atoms. The number of likely N-dealkylation sites (tertiary alicyclic amines) is 1. The van der Waals surface area contributed by atoms with Crippen LogP contribution in [-0.4, -0.2) is 44.1 Å². The number of nitrogens with one attached hydrogen (secondary N) is 1. The number of carbonyl (C=O) groups is 1. The summed E-state index contributed by atoms with van der Waals surface area (Å²) in [4.78, 5) is 22.4. The predicted octanol–water partition coefficient (Wildman–Crippen LogP) is 2.74. The quantitative estimate of drug-likeness (QED) is 0.785. The van der Waals surface area contributed by atoms with E-state index < -0.39 is 0 Å². The smallest absolute Gasteiger partial charge is 0.284 e. The second kappa shape index (κ2) is 5.73. The van der Waals surface area contributed by atoms with Crippen molar-refractivity contribution < 1.29 is 4.79 Å². The summed E-state index contributed by atoms with van der Waals surface area (Å²) < 4.78 is 0. The summed E-state index contributed by atoms with van der Waals surface area (Å²) in [5, 5.41) is 9.20. The molecule has 0 aliphatic carbocycles. The maximum Gasteiger partial charge on any atom is 0.284 e. The van der Waals surface area contributed by atoms with Crippen molar-refractivity contribution in [2.45, 2.75) is 25.7 Å². The van der Waals surface area contributed by atoms with Crippen molar-refractivity contribution in [2.75, 3.05) is 13.1 Å². The zero-order valence-corrected chi connectivity index (χ0v) is 13.6. The van der Waals surface area contributed by atoms with Gasteiger partial charge in [-0.3, -0.25) is 4.79 Å². The van der Waals surface area contributed by atoms with E-state index in [1.54, 1.807) is 0 Å². The monoisotopic (exact) mass is 327 g/mol. The zero-order valence-electron chi connectivity index (χ0n) is 12.8. The minimum Gasteiger partial charge on any atom is -0.342 e. The van der Waals surface area contributed by atoms with E-state index in [0.29, 0.717) is 10.9 Å². The highest BCUT2D eigenvalue weighted by Crippen LogP contribution is 2.28. The molecule has 0 spiro atoms. The number of amides is 1. The van der Waals surface area contributed by atoms with E-state index in [-0.39, 0.29) is 5.91 Å². The highest BCUT2D eigenvalue weighted by atomic mass is 32.1. The first-order valence-corrected chi connectivity index (χ1v) is 8.56. The summed E-state index contributed by atoms with van der Waals surface area (Å²) in [6, 6.07) is 8.07. The van der Waals surface area contributed by atoms with Crippen LogP contribution < -0.4 is 0 Å². The Bertz CT molecular complexity index is 814. The Kier molecular flexibility index (Phi) is 3.57. The van der Waals surface area contributed by atoms with Gasteiger partial charge in [-0.15, -0.1) is 10.2 Å². The van der Waals surface area contributed by atoms with Gasteiger partial charge >= 0.3 is 0 Å². The molecule has 0 atom stereocenters. The fourth-order valence-electron chi connectivity index (χ4n) is 3.04. The molecule has 1 amide bonds. The minimum absolute atomic E-state index is 0.00124. The van der Waals surface area contributed by atoms with E-state index in [2.05, 4.69) is 20.2 Å². The van der Waals surface area contributed by atoms with Crippen LogP contribution in [0.3, 0.4) is 0 Å². The number of aryl methyl sites for hydroxylation is 1. The first kappa shape index (κ1) is 14.3. The van der Waals surface area contributed by atoms with Crippen LogP contribution in [0.25, 0.3) is 11.0 Å². The van der Waals surface area contributed by atoms with Gasteiger partial charge in [-0.05, 0) is 31.9 Å². The van der Waals surface area contributed by atoms with Crippen LogP contribution in [0.15, 0.2) is 24.3 Å². The number of benzene rings is 1. The molecule has 1 fully saturated rings. The van der Waals surface area contributed by atoms with E-state index in [1.807, 2.05) is 36.1 Å². The molecule has 4 rings (SSSR count). The fraction of sp³-hybridized carbons (Fsp3) is 0.375. The van der Waals surface area contributed by atoms with Gasteiger partial charge in [0.25, 0.3) is 5.91 Å². The lowest BCUT2D eigenvalue weighted by atomic mass is 9.96. The Morgan fingerprint density at radius 3 is 2.74 bits per heavy atom. The van der Waals surface area contributed by atoms with Crippen LogP contribution in [0.2, 0.25) is 0 Å². The first-order chi connectivity index (χ1) is 11.2. The Morgan fingerprint density at radius 1 is 1.26 bits per heavy atom. The third kappa shape index (κ3) is 2.72. The van der Waals surface area contributed by atoms with E-state index in [1.165, 1.54) is 11.3 Å². The molecule has 2 aromatic heterocycles. The number of para-hydroxylation sites is 2. The summed E-state index contributed by atoms with van der Waals surface area (Å²) in [7, 11) is 0. The molecular formula is C16H17N5OS. The lowest BCUT2D eigenvalue weighted by Gasteiger charge is -2.30. The maximum absolute atomic E-state index is 12.4. The van der Waals surface area contributed by atoms with Crippen molar-refractivity contribution in [3.63, 3.8) is 0 Å². The zero-order chi connectivity index (χ0) is 15.8. The number of hydrogen-bond donors (Lipinski definition) is 1. The summed E-state index contributed by atoms with van der Waals surface area (Å²) in [5.41, 5.74) is 2.08. The summed E-state index contributed by atoms with van der Waals surface area (Å²) in [6.07, 6.45) is 1.84. The average Bonchev–Trinajstić information content (AvgIpc) is 3.20. The largest absolute Gasteiger partial charge is 0.342 e. The molecule has 1 aromatic carbocycles. The van der Waals surface area contributed by atoms with Gasteiger partial charge < -0.3 is 9.88 Å². The molecule has 3 heterocycles. The number of rotatable bonds is 2. The number of piperidine rings is 1. The third-order valence-electron chi connectivity index (χ3n) is 4.29. The van der Waals surface area contributed by atoms with E-state index in [4.69, 9.17) is 0 Å². The lowest BCUT2D eigenvalue weighted by molar-refractivity contribution is 0.0710. The predicted molar refractivity (Wildman–Crippen MR) is 88.6 cm³/mol. The topological polar surface area (TPSA) is 74.8 Å². The molecule has 1 N–H and O–H groups in total. The number of fused-ring (bicyclic) bond motifs is 1. The van der Waals surface area contributed by atoms with Crippen molar-refractivity contribution in [1.82, 2.24) is 25.1 Å². The molecule has 7 heteroatoms. The maximum atomic E-state index is 12.4. The van der Waals surface area contributed by atoms with Crippen molar-refractivity contribution in [3.05, 3.63) is 40.1 Å². The molecule has 1 aliphatic heterocycles. The number of aromatic amines is 1. The average molecular weight is 327 g/mol. The Morgan fingerprint density at radius 2 is 2.04 bits per heavy atom. The summed E-state index contributed by atoms with van der Waals surface area (Å²) in [6.45, 7) is 3.33. The molecule has 1 saturated heterocycles. The Hall–Kier alpha value is -2.28. The number of hydrogen-bond acceptors (Lipinski definition) is 5. The van der Waals surface area contributed by atoms with Gasteiger partial charge in [0, 0.05) is 19.0 Å². The Labute approximate surface area is 137 Å². The third-order valence-corrected chi connectivity index (χ3v) is 5.11. The summed E-state index contributed by atoms with van der Waals surface area (Å²) >= 11 is 1.36. The number of imidazole rings is 1. The van der Waals surface area contributed by atoms with E-state index in [0.717, 1.165) is 47.8 Å². The summed E-state index contributed by atoms with van der Waals surface area (Å²) in [5.74, 6) is 1.41. The van der Waals surface area contributed by atoms with Crippen LogP contribution in [0.5, 0.6) is 0 Å². The number of nitrogens with zero attached hydrogens (tertiary/aromatic N) is 4. The molecule has 0 saturated carbocycles. The normalized spacial score (nSPS) is 16.1. The molecule has 0 unspecified atom stereocenters. The number of carbonyl (C=O) groups excluding carboxylic acids is 1. The van der Waals surface area contributed by atoms with E-state index >= 15 is 0 Å². The molecule has 1 aliphatic rings. The van der Waals surface area contributed by atoms with Crippen molar-refractivity contribution >= 4 is 28.3 Å². The molecule has 23 heavy (non-hydrogen) atoms. The van der Waals surface area contributed by atoms with Crippen LogP contribution in [-0.2, 0) is 0 Å². The van der Waals surface area contributed by atoms with Crippen molar-refractivity contribution in [2.24, 2.45) is 0 Å². The molecule has 0 radical (unpaired) electrons. The van der Waals surface area contributed by atoms with Gasteiger partial charge in [-0.1, -0.05) is 23.5 Å². The van der Waals surface area contributed by atoms with Gasteiger partial charge in [0.15, 0.2) is 0 Å². The van der Waals surface area contributed by atoms with Crippen LogP contribution >= 0.6 is 11.3 Å². The van der Waals surface area contributed by atoms with E-state index in [9.17, 15) is 4.79 Å². The van der Waals surface area contributed by atoms with Crippen molar-refractivity contribution in [3.8, 4) is 0 Å². The first-order valence-electron chi connectivity index (χ1n) is 7.75. The number of aromatic nitrogens is 4. The minimum atomic E-state index is -0.00124. The number of H-pyrrole nitrogens is 1. The molecule has 6 nitrogen and oxygen atoms in total. The van der Waals surface area contributed by atoms with Gasteiger partial charge in [0.05, 0.1) is 11.0 Å². The van der Waals surface area contributed by atoms with Crippen LogP contribution in [0, 0.1) is 6.92 Å². The Balaban J connectivity index is 1.45. The van der Waals surface area contributed by atoms with Crippen LogP contribution in [0.4, 0.5) is 0 Å². The fourth-order valence-corrected chi connectivity index (χ4v) is 3.70.